The number of methoxy groups -OCH3 is 1. The second kappa shape index (κ2) is 15.1. The summed E-state index contributed by atoms with van der Waals surface area (Å²) in [5.74, 6) is -0.702. The van der Waals surface area contributed by atoms with E-state index in [4.69, 9.17) is 27.9 Å². The fourth-order valence-electron chi connectivity index (χ4n) is 4.33. The van der Waals surface area contributed by atoms with E-state index in [0.717, 1.165) is 17.1 Å². The van der Waals surface area contributed by atoms with Gasteiger partial charge >= 0.3 is 0 Å². The molecule has 3 rings (SSSR count). The molecule has 11 heteroatoms. The van der Waals surface area contributed by atoms with Crippen LogP contribution in [0, 0.1) is 0 Å². The van der Waals surface area contributed by atoms with Crippen LogP contribution in [-0.4, -0.2) is 51.4 Å². The van der Waals surface area contributed by atoms with Crippen molar-refractivity contribution in [2.75, 3.05) is 24.5 Å². The van der Waals surface area contributed by atoms with E-state index in [2.05, 4.69) is 5.32 Å². The Hall–Kier alpha value is -3.27. The lowest BCUT2D eigenvalue weighted by molar-refractivity contribution is -0.140. The van der Waals surface area contributed by atoms with Crippen LogP contribution < -0.4 is 14.4 Å². The van der Waals surface area contributed by atoms with Crippen molar-refractivity contribution in [3.05, 3.63) is 88.4 Å². The molecule has 1 N–H and O–H groups in total. The third-order valence-electron chi connectivity index (χ3n) is 6.53. The first-order valence-electron chi connectivity index (χ1n) is 13.4. The summed E-state index contributed by atoms with van der Waals surface area (Å²) in [5.41, 5.74) is 0.718. The number of carbonyl (C=O) groups is 2. The highest BCUT2D eigenvalue weighted by Crippen LogP contribution is 2.35. The molecule has 220 valence electrons. The number of hydrogen-bond acceptors (Lipinski definition) is 5. The van der Waals surface area contributed by atoms with E-state index >= 15 is 0 Å². The predicted octanol–water partition coefficient (Wildman–Crippen LogP) is 5.92. The topological polar surface area (TPSA) is 96.0 Å². The molecule has 0 aromatic heterocycles. The molecule has 3 aromatic rings. The molecule has 0 saturated carbocycles. The lowest BCUT2D eigenvalue weighted by Crippen LogP contribution is -2.52. The number of anilines is 1. The second-order valence-corrected chi connectivity index (χ2v) is 12.0. The third kappa shape index (κ3) is 8.15. The first-order chi connectivity index (χ1) is 19.6. The average Bonchev–Trinajstić information content (AvgIpc) is 2.97. The Morgan fingerprint density at radius 1 is 0.976 bits per heavy atom. The van der Waals surface area contributed by atoms with Crippen molar-refractivity contribution < 1.29 is 22.7 Å². The van der Waals surface area contributed by atoms with Crippen molar-refractivity contribution in [1.29, 1.82) is 0 Å². The van der Waals surface area contributed by atoms with Gasteiger partial charge in [0.25, 0.3) is 10.0 Å². The van der Waals surface area contributed by atoms with Crippen LogP contribution in [0.2, 0.25) is 10.0 Å². The number of hydrogen-bond donors (Lipinski definition) is 1. The number of halogens is 2. The molecule has 0 unspecified atom stereocenters. The van der Waals surface area contributed by atoms with E-state index in [9.17, 15) is 18.0 Å². The molecular formula is C30H35Cl2N3O5S. The molecule has 0 heterocycles. The highest BCUT2D eigenvalue weighted by Gasteiger charge is 2.35. The van der Waals surface area contributed by atoms with Crippen LogP contribution in [-0.2, 0) is 26.2 Å². The number of ether oxygens (including phenoxy) is 1. The maximum absolute atomic E-state index is 14.2. The van der Waals surface area contributed by atoms with Crippen molar-refractivity contribution in [3.8, 4) is 5.75 Å². The molecule has 0 aliphatic rings. The van der Waals surface area contributed by atoms with Crippen LogP contribution in [0.25, 0.3) is 0 Å². The van der Waals surface area contributed by atoms with E-state index in [-0.39, 0.29) is 33.8 Å². The molecule has 0 fully saturated rings. The molecule has 0 saturated heterocycles. The van der Waals surface area contributed by atoms with Gasteiger partial charge in [0, 0.05) is 23.1 Å². The van der Waals surface area contributed by atoms with Crippen LogP contribution >= 0.6 is 23.2 Å². The van der Waals surface area contributed by atoms with Gasteiger partial charge in [-0.1, -0.05) is 79.9 Å². The fourth-order valence-corrected chi connectivity index (χ4v) is 6.13. The van der Waals surface area contributed by atoms with Gasteiger partial charge in [-0.05, 0) is 54.8 Å². The summed E-state index contributed by atoms with van der Waals surface area (Å²) >= 11 is 12.7. The van der Waals surface area contributed by atoms with Crippen LogP contribution in [0.5, 0.6) is 5.75 Å². The Morgan fingerprint density at radius 2 is 1.66 bits per heavy atom. The maximum atomic E-state index is 14.2. The standard InChI is InChI=1S/C30H35Cl2N3O5S/c1-4-6-18-33-30(37)26(5-2)34(20-22-12-10-11-15-25(22)32)29(36)21-35(27-19-23(31)16-17-28(27)40-3)41(38,39)24-13-8-7-9-14-24/h7-17,19,26H,4-6,18,20-21H2,1-3H3,(H,33,37)/t26-/m0/s1. The third-order valence-corrected chi connectivity index (χ3v) is 8.91. The first kappa shape index (κ1) is 32.2. The fraction of sp³-hybridized carbons (Fsp3) is 0.333. The van der Waals surface area contributed by atoms with Crippen molar-refractivity contribution in [2.45, 2.75) is 50.6 Å². The van der Waals surface area contributed by atoms with Gasteiger partial charge in [-0.3, -0.25) is 13.9 Å². The highest BCUT2D eigenvalue weighted by molar-refractivity contribution is 7.92. The van der Waals surface area contributed by atoms with E-state index in [0.29, 0.717) is 23.6 Å². The molecule has 8 nitrogen and oxygen atoms in total. The van der Waals surface area contributed by atoms with Crippen molar-refractivity contribution in [3.63, 3.8) is 0 Å². The Kier molecular flexibility index (Phi) is 11.9. The summed E-state index contributed by atoms with van der Waals surface area (Å²) in [7, 11) is -2.86. The maximum Gasteiger partial charge on any atom is 0.264 e. The number of nitrogens with one attached hydrogen (secondary N) is 1. The van der Waals surface area contributed by atoms with Gasteiger partial charge in [0.05, 0.1) is 17.7 Å². The van der Waals surface area contributed by atoms with Crippen LogP contribution in [0.4, 0.5) is 5.69 Å². The Morgan fingerprint density at radius 3 is 2.29 bits per heavy atom. The normalized spacial score (nSPS) is 11.9. The first-order valence-corrected chi connectivity index (χ1v) is 15.6. The number of sulfonamides is 1. The summed E-state index contributed by atoms with van der Waals surface area (Å²) in [6.07, 6.45) is 1.99. The van der Waals surface area contributed by atoms with E-state index in [1.165, 1.54) is 36.3 Å². The number of carbonyl (C=O) groups excluding carboxylic acids is 2. The van der Waals surface area contributed by atoms with E-state index in [1.807, 2.05) is 6.92 Å². The van der Waals surface area contributed by atoms with Gasteiger partial charge in [-0.2, -0.15) is 0 Å². The molecule has 41 heavy (non-hydrogen) atoms. The zero-order chi connectivity index (χ0) is 30.0. The van der Waals surface area contributed by atoms with Gasteiger partial charge in [-0.25, -0.2) is 8.42 Å². The Bertz CT molecular complexity index is 1440. The summed E-state index contributed by atoms with van der Waals surface area (Å²) < 4.78 is 34.4. The highest BCUT2D eigenvalue weighted by atomic mass is 35.5. The van der Waals surface area contributed by atoms with Gasteiger partial charge in [0.2, 0.25) is 11.8 Å². The number of amides is 2. The molecule has 0 spiro atoms. The van der Waals surface area contributed by atoms with Gasteiger partial charge in [-0.15, -0.1) is 0 Å². The summed E-state index contributed by atoms with van der Waals surface area (Å²) in [6.45, 7) is 3.67. The lowest BCUT2D eigenvalue weighted by atomic mass is 10.1. The van der Waals surface area contributed by atoms with Gasteiger partial charge in [0.1, 0.15) is 18.3 Å². The average molecular weight is 621 g/mol. The van der Waals surface area contributed by atoms with Gasteiger partial charge < -0.3 is 15.0 Å². The lowest BCUT2D eigenvalue weighted by Gasteiger charge is -2.33. The summed E-state index contributed by atoms with van der Waals surface area (Å²) in [5, 5.41) is 3.59. The monoisotopic (exact) mass is 619 g/mol. The zero-order valence-electron chi connectivity index (χ0n) is 23.3. The van der Waals surface area contributed by atoms with E-state index < -0.39 is 28.5 Å². The SMILES string of the molecule is CCCCNC(=O)[C@H](CC)N(Cc1ccccc1Cl)C(=O)CN(c1cc(Cl)ccc1OC)S(=O)(=O)c1ccccc1. The molecule has 0 aliphatic heterocycles. The van der Waals surface area contributed by atoms with Gasteiger partial charge in [0.15, 0.2) is 0 Å². The number of unbranched alkanes of at least 4 members (excludes halogenated alkanes) is 1. The number of benzene rings is 3. The summed E-state index contributed by atoms with van der Waals surface area (Å²) in [4.78, 5) is 28.8. The Labute approximate surface area is 252 Å². The van der Waals surface area contributed by atoms with Crippen molar-refractivity contribution in [2.24, 2.45) is 0 Å². The number of rotatable bonds is 14. The second-order valence-electron chi connectivity index (χ2n) is 9.32. The van der Waals surface area contributed by atoms with E-state index in [1.54, 1.807) is 55.5 Å². The van der Waals surface area contributed by atoms with Crippen molar-refractivity contribution in [1.82, 2.24) is 10.2 Å². The molecule has 0 aliphatic carbocycles. The Balaban J connectivity index is 2.10. The molecule has 3 aromatic carbocycles. The predicted molar refractivity (Wildman–Crippen MR) is 163 cm³/mol. The minimum atomic E-state index is -4.26. The van der Waals surface area contributed by atoms with Crippen LogP contribution in [0.1, 0.15) is 38.7 Å². The molecule has 1 atom stereocenters. The largest absolute Gasteiger partial charge is 0.495 e. The minimum absolute atomic E-state index is 0.00408. The zero-order valence-corrected chi connectivity index (χ0v) is 25.7. The molecule has 0 radical (unpaired) electrons. The molecule has 2 amide bonds. The summed E-state index contributed by atoms with van der Waals surface area (Å²) in [6, 6.07) is 18.5. The van der Waals surface area contributed by atoms with Crippen LogP contribution in [0.15, 0.2) is 77.7 Å². The number of nitrogens with zero attached hydrogens (tertiary/aromatic N) is 2. The quantitative estimate of drug-likeness (QED) is 0.226. The van der Waals surface area contributed by atoms with Crippen molar-refractivity contribution >= 4 is 50.7 Å². The minimum Gasteiger partial charge on any atom is -0.495 e. The van der Waals surface area contributed by atoms with Crippen LogP contribution in [0.3, 0.4) is 0 Å². The molecule has 0 bridgehead atoms. The smallest absolute Gasteiger partial charge is 0.264 e. The molecular weight excluding hydrogens is 585 g/mol.